The average Bonchev–Trinajstić information content (AvgIpc) is 2.48. The molecular weight excluding hydrogens is 274 g/mol. The van der Waals surface area contributed by atoms with Crippen molar-refractivity contribution >= 4 is 17.3 Å². The predicted octanol–water partition coefficient (Wildman–Crippen LogP) is 4.11. The third-order valence-electron chi connectivity index (χ3n) is 3.05. The molecule has 0 unspecified atom stereocenters. The fourth-order valence-electron chi connectivity index (χ4n) is 1.99. The summed E-state index contributed by atoms with van der Waals surface area (Å²) in [5, 5.41) is 3.98. The molecule has 0 aliphatic heterocycles. The van der Waals surface area contributed by atoms with Crippen molar-refractivity contribution in [2.24, 2.45) is 0 Å². The quantitative estimate of drug-likeness (QED) is 0.869. The van der Waals surface area contributed by atoms with Crippen LogP contribution in [0.15, 0.2) is 42.5 Å². The summed E-state index contributed by atoms with van der Waals surface area (Å²) in [5.41, 5.74) is 3.37. The van der Waals surface area contributed by atoms with Gasteiger partial charge in [-0.15, -0.1) is 0 Å². The highest BCUT2D eigenvalue weighted by molar-refractivity contribution is 6.32. The van der Waals surface area contributed by atoms with E-state index in [0.29, 0.717) is 17.4 Å². The molecule has 106 valence electrons. The zero-order valence-corrected chi connectivity index (χ0v) is 12.4. The molecule has 0 amide bonds. The number of anilines is 1. The van der Waals surface area contributed by atoms with Crippen LogP contribution in [0.2, 0.25) is 5.02 Å². The third-order valence-corrected chi connectivity index (χ3v) is 3.36. The molecule has 0 saturated carbocycles. The van der Waals surface area contributed by atoms with Crippen molar-refractivity contribution in [2.45, 2.75) is 13.2 Å². The number of methoxy groups -OCH3 is 2. The van der Waals surface area contributed by atoms with Crippen LogP contribution in [0.4, 0.5) is 5.69 Å². The molecule has 0 heterocycles. The lowest BCUT2D eigenvalue weighted by atomic mass is 10.1. The van der Waals surface area contributed by atoms with Crippen LogP contribution < -0.4 is 10.1 Å². The Kier molecular flexibility index (Phi) is 5.27. The van der Waals surface area contributed by atoms with Crippen LogP contribution in [0.3, 0.4) is 0 Å². The van der Waals surface area contributed by atoms with Gasteiger partial charge in [-0.25, -0.2) is 0 Å². The fourth-order valence-corrected chi connectivity index (χ4v) is 2.19. The van der Waals surface area contributed by atoms with Gasteiger partial charge in [0.2, 0.25) is 0 Å². The molecule has 20 heavy (non-hydrogen) atoms. The van der Waals surface area contributed by atoms with Gasteiger partial charge in [0.1, 0.15) is 5.75 Å². The molecule has 1 N–H and O–H groups in total. The van der Waals surface area contributed by atoms with Crippen molar-refractivity contribution in [3.63, 3.8) is 0 Å². The first kappa shape index (κ1) is 14.7. The van der Waals surface area contributed by atoms with Gasteiger partial charge in [-0.1, -0.05) is 35.9 Å². The Labute approximate surface area is 124 Å². The van der Waals surface area contributed by atoms with E-state index >= 15 is 0 Å². The van der Waals surface area contributed by atoms with E-state index in [1.807, 2.05) is 30.3 Å². The van der Waals surface area contributed by atoms with Gasteiger partial charge in [0.25, 0.3) is 0 Å². The van der Waals surface area contributed by atoms with E-state index in [2.05, 4.69) is 17.4 Å². The van der Waals surface area contributed by atoms with Crippen molar-refractivity contribution in [3.05, 3.63) is 58.6 Å². The summed E-state index contributed by atoms with van der Waals surface area (Å²) >= 11 is 6.01. The minimum Gasteiger partial charge on any atom is -0.495 e. The standard InChI is InChI=1S/C16H18ClNO2/c1-19-11-13-6-4-3-5-12(13)10-18-14-7-8-15(17)16(9-14)20-2/h3-9,18H,10-11H2,1-2H3. The van der Waals surface area contributed by atoms with Gasteiger partial charge in [0.05, 0.1) is 18.7 Å². The normalized spacial score (nSPS) is 10.3. The lowest BCUT2D eigenvalue weighted by Gasteiger charge is -2.12. The van der Waals surface area contributed by atoms with Gasteiger partial charge in [-0.3, -0.25) is 0 Å². The number of rotatable bonds is 6. The Morgan fingerprint density at radius 3 is 2.50 bits per heavy atom. The van der Waals surface area contributed by atoms with Crippen molar-refractivity contribution in [1.82, 2.24) is 0 Å². The van der Waals surface area contributed by atoms with Crippen molar-refractivity contribution in [3.8, 4) is 5.75 Å². The molecule has 3 nitrogen and oxygen atoms in total. The van der Waals surface area contributed by atoms with Gasteiger partial charge < -0.3 is 14.8 Å². The SMILES string of the molecule is COCc1ccccc1CNc1ccc(Cl)c(OC)c1. The summed E-state index contributed by atoms with van der Waals surface area (Å²) in [6, 6.07) is 13.9. The maximum atomic E-state index is 6.01. The van der Waals surface area contributed by atoms with E-state index in [1.54, 1.807) is 14.2 Å². The molecular formula is C16H18ClNO2. The summed E-state index contributed by atoms with van der Waals surface area (Å²) < 4.78 is 10.4. The molecule has 0 aliphatic carbocycles. The number of halogens is 1. The highest BCUT2D eigenvalue weighted by atomic mass is 35.5. The van der Waals surface area contributed by atoms with Gasteiger partial charge in [0.15, 0.2) is 0 Å². The summed E-state index contributed by atoms with van der Waals surface area (Å²) in [5.74, 6) is 0.668. The van der Waals surface area contributed by atoms with Crippen LogP contribution in [0.25, 0.3) is 0 Å². The zero-order chi connectivity index (χ0) is 14.4. The zero-order valence-electron chi connectivity index (χ0n) is 11.7. The molecule has 0 bridgehead atoms. The summed E-state index contributed by atoms with van der Waals surface area (Å²) in [6.45, 7) is 1.34. The maximum Gasteiger partial charge on any atom is 0.139 e. The topological polar surface area (TPSA) is 30.5 Å². The number of hydrogen-bond acceptors (Lipinski definition) is 3. The molecule has 0 atom stereocenters. The first-order chi connectivity index (χ1) is 9.74. The maximum absolute atomic E-state index is 6.01. The first-order valence-electron chi connectivity index (χ1n) is 6.37. The van der Waals surface area contributed by atoms with Crippen molar-refractivity contribution in [2.75, 3.05) is 19.5 Å². The largest absolute Gasteiger partial charge is 0.495 e. The molecule has 0 saturated heterocycles. The van der Waals surface area contributed by atoms with Gasteiger partial charge in [0, 0.05) is 25.4 Å². The number of benzene rings is 2. The van der Waals surface area contributed by atoms with Crippen LogP contribution in [-0.4, -0.2) is 14.2 Å². The van der Waals surface area contributed by atoms with E-state index in [-0.39, 0.29) is 0 Å². The third kappa shape index (κ3) is 3.65. The second-order valence-corrected chi connectivity index (χ2v) is 4.81. The van der Waals surface area contributed by atoms with E-state index in [4.69, 9.17) is 21.1 Å². The van der Waals surface area contributed by atoms with Gasteiger partial charge in [-0.2, -0.15) is 0 Å². The van der Waals surface area contributed by atoms with E-state index in [1.165, 1.54) is 11.1 Å². The smallest absolute Gasteiger partial charge is 0.139 e. The number of nitrogens with one attached hydrogen (secondary N) is 1. The monoisotopic (exact) mass is 291 g/mol. The second-order valence-electron chi connectivity index (χ2n) is 4.40. The Morgan fingerprint density at radius 2 is 1.80 bits per heavy atom. The summed E-state index contributed by atoms with van der Waals surface area (Å²) in [4.78, 5) is 0. The summed E-state index contributed by atoms with van der Waals surface area (Å²) in [6.07, 6.45) is 0. The Hall–Kier alpha value is -1.71. The average molecular weight is 292 g/mol. The van der Waals surface area contributed by atoms with Crippen molar-refractivity contribution in [1.29, 1.82) is 0 Å². The van der Waals surface area contributed by atoms with Crippen LogP contribution in [0, 0.1) is 0 Å². The predicted molar refractivity (Wildman–Crippen MR) is 82.5 cm³/mol. The second kappa shape index (κ2) is 7.17. The Balaban J connectivity index is 2.09. The van der Waals surface area contributed by atoms with Crippen LogP contribution in [-0.2, 0) is 17.9 Å². The fraction of sp³-hybridized carbons (Fsp3) is 0.250. The Morgan fingerprint density at radius 1 is 1.05 bits per heavy atom. The lowest BCUT2D eigenvalue weighted by Crippen LogP contribution is -2.03. The van der Waals surface area contributed by atoms with E-state index in [0.717, 1.165) is 12.2 Å². The minimum atomic E-state index is 0.609. The highest BCUT2D eigenvalue weighted by Gasteiger charge is 2.04. The van der Waals surface area contributed by atoms with Gasteiger partial charge in [-0.05, 0) is 23.3 Å². The highest BCUT2D eigenvalue weighted by Crippen LogP contribution is 2.27. The van der Waals surface area contributed by atoms with Crippen LogP contribution in [0.1, 0.15) is 11.1 Å². The van der Waals surface area contributed by atoms with E-state index in [9.17, 15) is 0 Å². The Bertz CT molecular complexity index is 572. The molecule has 0 aromatic heterocycles. The molecule has 2 rings (SSSR count). The molecule has 0 fully saturated rings. The molecule has 4 heteroatoms. The molecule has 0 radical (unpaired) electrons. The first-order valence-corrected chi connectivity index (χ1v) is 6.75. The lowest BCUT2D eigenvalue weighted by molar-refractivity contribution is 0.184. The van der Waals surface area contributed by atoms with Gasteiger partial charge >= 0.3 is 0 Å². The number of ether oxygens (including phenoxy) is 2. The molecule has 0 spiro atoms. The molecule has 2 aromatic carbocycles. The molecule has 2 aromatic rings. The summed E-state index contributed by atoms with van der Waals surface area (Å²) in [7, 11) is 3.31. The van der Waals surface area contributed by atoms with E-state index < -0.39 is 0 Å². The van der Waals surface area contributed by atoms with Crippen molar-refractivity contribution < 1.29 is 9.47 Å². The minimum absolute atomic E-state index is 0.609. The van der Waals surface area contributed by atoms with Crippen LogP contribution in [0.5, 0.6) is 5.75 Å². The van der Waals surface area contributed by atoms with Crippen LogP contribution >= 0.6 is 11.6 Å². The molecule has 0 aliphatic rings. The number of hydrogen-bond donors (Lipinski definition) is 1.